The number of carbonyl (C=O) groups is 2. The van der Waals surface area contributed by atoms with Gasteiger partial charge in [-0.15, -0.1) is 0 Å². The molecule has 0 bridgehead atoms. The molecular weight excluding hydrogens is 236 g/mol. The molecule has 1 fully saturated rings. The summed E-state index contributed by atoms with van der Waals surface area (Å²) < 4.78 is 10.2. The molecule has 0 radical (unpaired) electrons. The van der Waals surface area contributed by atoms with Crippen LogP contribution in [0, 0.1) is 0 Å². The van der Waals surface area contributed by atoms with Crippen molar-refractivity contribution in [2.24, 2.45) is 0 Å². The largest absolute Gasteiger partial charge is 0.465 e. The predicted molar refractivity (Wildman–Crippen MR) is 66.1 cm³/mol. The highest BCUT2D eigenvalue weighted by Gasteiger charge is 2.30. The monoisotopic (exact) mass is 258 g/mol. The van der Waals surface area contributed by atoms with Crippen LogP contribution in [-0.4, -0.2) is 62.3 Å². The smallest absolute Gasteiger partial charge is 0.320 e. The van der Waals surface area contributed by atoms with E-state index in [1.165, 1.54) is 0 Å². The van der Waals surface area contributed by atoms with Gasteiger partial charge in [-0.3, -0.25) is 14.5 Å². The Morgan fingerprint density at radius 2 is 2.22 bits per heavy atom. The topological polar surface area (TPSA) is 67.9 Å². The van der Waals surface area contributed by atoms with E-state index in [0.29, 0.717) is 32.9 Å². The van der Waals surface area contributed by atoms with Crippen molar-refractivity contribution in [3.05, 3.63) is 0 Å². The first-order valence-electron chi connectivity index (χ1n) is 6.44. The summed E-state index contributed by atoms with van der Waals surface area (Å²) in [5, 5.41) is 2.82. The Balaban J connectivity index is 2.50. The summed E-state index contributed by atoms with van der Waals surface area (Å²) in [7, 11) is 0. The molecule has 18 heavy (non-hydrogen) atoms. The highest BCUT2D eigenvalue weighted by molar-refractivity contribution is 5.83. The first kappa shape index (κ1) is 14.9. The van der Waals surface area contributed by atoms with Crippen molar-refractivity contribution in [1.29, 1.82) is 0 Å². The van der Waals surface area contributed by atoms with Gasteiger partial charge in [0.2, 0.25) is 5.91 Å². The van der Waals surface area contributed by atoms with Gasteiger partial charge in [-0.05, 0) is 13.3 Å². The summed E-state index contributed by atoms with van der Waals surface area (Å²) in [6, 6.07) is -0.394. The Labute approximate surface area is 108 Å². The molecule has 6 nitrogen and oxygen atoms in total. The molecule has 104 valence electrons. The fourth-order valence-corrected chi connectivity index (χ4v) is 1.81. The van der Waals surface area contributed by atoms with Gasteiger partial charge in [0.05, 0.1) is 26.4 Å². The zero-order valence-electron chi connectivity index (χ0n) is 11.1. The van der Waals surface area contributed by atoms with E-state index in [1.54, 1.807) is 6.92 Å². The lowest BCUT2D eigenvalue weighted by Gasteiger charge is -2.33. The summed E-state index contributed by atoms with van der Waals surface area (Å²) in [5.74, 6) is -0.381. The molecule has 1 aliphatic heterocycles. The van der Waals surface area contributed by atoms with E-state index in [-0.39, 0.29) is 18.4 Å². The number of esters is 1. The molecule has 1 amide bonds. The fourth-order valence-electron chi connectivity index (χ4n) is 1.81. The van der Waals surface area contributed by atoms with Gasteiger partial charge in [0.25, 0.3) is 0 Å². The van der Waals surface area contributed by atoms with Crippen LogP contribution in [0.3, 0.4) is 0 Å². The van der Waals surface area contributed by atoms with E-state index in [9.17, 15) is 9.59 Å². The van der Waals surface area contributed by atoms with Crippen LogP contribution in [0.5, 0.6) is 0 Å². The molecule has 6 heteroatoms. The fraction of sp³-hybridized carbons (Fsp3) is 0.833. The minimum Gasteiger partial charge on any atom is -0.465 e. The molecule has 0 aromatic heterocycles. The zero-order valence-corrected chi connectivity index (χ0v) is 11.1. The van der Waals surface area contributed by atoms with E-state index < -0.39 is 6.04 Å². The third-order valence-corrected chi connectivity index (χ3v) is 2.73. The number of nitrogens with one attached hydrogen (secondary N) is 1. The van der Waals surface area contributed by atoms with E-state index in [0.717, 1.165) is 6.42 Å². The summed E-state index contributed by atoms with van der Waals surface area (Å²) in [6.07, 6.45) is 0.886. The second kappa shape index (κ2) is 8.05. The maximum Gasteiger partial charge on any atom is 0.320 e. The van der Waals surface area contributed by atoms with E-state index >= 15 is 0 Å². The van der Waals surface area contributed by atoms with Gasteiger partial charge < -0.3 is 14.8 Å². The minimum absolute atomic E-state index is 0.0825. The average molecular weight is 258 g/mol. The van der Waals surface area contributed by atoms with Gasteiger partial charge in [0.15, 0.2) is 0 Å². The predicted octanol–water partition coefficient (Wildman–Crippen LogP) is -0.223. The molecule has 0 aromatic rings. The SMILES string of the molecule is CCCNC(=O)C1COCCN1CC(=O)OCC. The lowest BCUT2D eigenvalue weighted by Crippen LogP contribution is -2.55. The lowest BCUT2D eigenvalue weighted by atomic mass is 10.2. The van der Waals surface area contributed by atoms with Crippen LogP contribution in [0.2, 0.25) is 0 Å². The Bertz CT molecular complexity index is 283. The van der Waals surface area contributed by atoms with Crippen molar-refractivity contribution in [3.8, 4) is 0 Å². The molecule has 1 aliphatic rings. The maximum absolute atomic E-state index is 11.9. The van der Waals surface area contributed by atoms with Crippen molar-refractivity contribution in [2.45, 2.75) is 26.3 Å². The Kier molecular flexibility index (Phi) is 6.67. The summed E-state index contributed by atoms with van der Waals surface area (Å²) in [5.41, 5.74) is 0. The Morgan fingerprint density at radius 1 is 1.44 bits per heavy atom. The molecule has 1 rings (SSSR count). The van der Waals surface area contributed by atoms with Crippen molar-refractivity contribution in [1.82, 2.24) is 10.2 Å². The van der Waals surface area contributed by atoms with Gasteiger partial charge in [-0.2, -0.15) is 0 Å². The van der Waals surface area contributed by atoms with Crippen LogP contribution >= 0.6 is 0 Å². The highest BCUT2D eigenvalue weighted by Crippen LogP contribution is 2.07. The lowest BCUT2D eigenvalue weighted by molar-refractivity contribution is -0.148. The van der Waals surface area contributed by atoms with Crippen LogP contribution in [0.25, 0.3) is 0 Å². The number of morpholine rings is 1. The van der Waals surface area contributed by atoms with E-state index in [2.05, 4.69) is 5.32 Å². The molecule has 0 aromatic carbocycles. The van der Waals surface area contributed by atoms with Gasteiger partial charge >= 0.3 is 5.97 Å². The molecule has 1 heterocycles. The van der Waals surface area contributed by atoms with Crippen molar-refractivity contribution < 1.29 is 19.1 Å². The maximum atomic E-state index is 11.9. The molecule has 0 spiro atoms. The van der Waals surface area contributed by atoms with Gasteiger partial charge in [-0.25, -0.2) is 0 Å². The molecule has 0 aliphatic carbocycles. The van der Waals surface area contributed by atoms with Gasteiger partial charge in [0, 0.05) is 13.1 Å². The highest BCUT2D eigenvalue weighted by atomic mass is 16.5. The molecule has 0 saturated carbocycles. The third kappa shape index (κ3) is 4.62. The first-order valence-corrected chi connectivity index (χ1v) is 6.44. The quantitative estimate of drug-likeness (QED) is 0.667. The summed E-state index contributed by atoms with van der Waals surface area (Å²) >= 11 is 0. The van der Waals surface area contributed by atoms with Crippen LogP contribution in [0.15, 0.2) is 0 Å². The van der Waals surface area contributed by atoms with Crippen molar-refractivity contribution in [3.63, 3.8) is 0 Å². The molecule has 1 unspecified atom stereocenters. The van der Waals surface area contributed by atoms with Crippen LogP contribution in [0.1, 0.15) is 20.3 Å². The standard InChI is InChI=1S/C12H22N2O4/c1-3-5-13-12(16)10-9-17-7-6-14(10)8-11(15)18-4-2/h10H,3-9H2,1-2H3,(H,13,16). The normalized spacial score (nSPS) is 20.4. The molecule has 1 N–H and O–H groups in total. The van der Waals surface area contributed by atoms with Gasteiger partial charge in [-0.1, -0.05) is 6.92 Å². The number of hydrogen-bond donors (Lipinski definition) is 1. The van der Waals surface area contributed by atoms with Crippen molar-refractivity contribution >= 4 is 11.9 Å². The summed E-state index contributed by atoms with van der Waals surface area (Å²) in [6.45, 7) is 6.34. The zero-order chi connectivity index (χ0) is 13.4. The summed E-state index contributed by atoms with van der Waals surface area (Å²) in [4.78, 5) is 25.2. The number of hydrogen-bond acceptors (Lipinski definition) is 5. The third-order valence-electron chi connectivity index (χ3n) is 2.73. The molecular formula is C12H22N2O4. The Morgan fingerprint density at radius 3 is 2.89 bits per heavy atom. The van der Waals surface area contributed by atoms with E-state index in [4.69, 9.17) is 9.47 Å². The van der Waals surface area contributed by atoms with E-state index in [1.807, 2.05) is 11.8 Å². The van der Waals surface area contributed by atoms with Gasteiger partial charge in [0.1, 0.15) is 6.04 Å². The molecule has 1 saturated heterocycles. The second-order valence-corrected chi connectivity index (χ2v) is 4.16. The first-order chi connectivity index (χ1) is 8.69. The molecule has 1 atom stereocenters. The number of nitrogens with zero attached hydrogens (tertiary/aromatic N) is 1. The van der Waals surface area contributed by atoms with Crippen LogP contribution < -0.4 is 5.32 Å². The van der Waals surface area contributed by atoms with Crippen LogP contribution in [0.4, 0.5) is 0 Å². The Hall–Kier alpha value is -1.14. The number of ether oxygens (including phenoxy) is 2. The second-order valence-electron chi connectivity index (χ2n) is 4.16. The van der Waals surface area contributed by atoms with Crippen LogP contribution in [-0.2, 0) is 19.1 Å². The number of rotatable bonds is 6. The van der Waals surface area contributed by atoms with Crippen molar-refractivity contribution in [2.75, 3.05) is 39.5 Å². The minimum atomic E-state index is -0.394. The number of amides is 1. The number of carbonyl (C=O) groups excluding carboxylic acids is 2. The average Bonchev–Trinajstić information content (AvgIpc) is 2.37.